The Morgan fingerprint density at radius 1 is 1.19 bits per heavy atom. The summed E-state index contributed by atoms with van der Waals surface area (Å²) in [4.78, 5) is 26.8. The van der Waals surface area contributed by atoms with Crippen LogP contribution in [0.5, 0.6) is 0 Å². The molecule has 8 nitrogen and oxygen atoms in total. The number of alkyl halides is 3. The molecule has 3 aromatic heterocycles. The summed E-state index contributed by atoms with van der Waals surface area (Å²) < 4.78 is 43.6. The van der Waals surface area contributed by atoms with E-state index in [9.17, 15) is 18.0 Å². The first-order valence-corrected chi connectivity index (χ1v) is 12.5. The number of pyridine rings is 2. The average Bonchev–Trinajstić information content (AvgIpc) is 3.53. The predicted octanol–water partition coefficient (Wildman–Crippen LogP) is 4.35. The molecule has 1 aliphatic heterocycles. The van der Waals surface area contributed by atoms with Crippen molar-refractivity contribution in [1.29, 1.82) is 0 Å². The van der Waals surface area contributed by atoms with E-state index in [4.69, 9.17) is 4.74 Å². The summed E-state index contributed by atoms with van der Waals surface area (Å²) in [5, 5.41) is 5.91. The van der Waals surface area contributed by atoms with Crippen LogP contribution in [0.2, 0.25) is 0 Å². The number of nitrogens with zero attached hydrogens (tertiary/aromatic N) is 3. The normalized spacial score (nSPS) is 15.4. The van der Waals surface area contributed by atoms with Crippen LogP contribution in [-0.4, -0.2) is 70.8 Å². The number of aromatic amines is 1. The Morgan fingerprint density at radius 3 is 2.70 bits per heavy atom. The molecule has 37 heavy (non-hydrogen) atoms. The number of fused-ring (bicyclic) bond motifs is 1. The fraction of sp³-hybridized carbons (Fsp3) is 0.500. The lowest BCUT2D eigenvalue weighted by molar-refractivity contribution is -0.139. The summed E-state index contributed by atoms with van der Waals surface area (Å²) >= 11 is 0. The number of hydrogen-bond acceptors (Lipinski definition) is 6. The van der Waals surface area contributed by atoms with Crippen LogP contribution in [-0.2, 0) is 16.1 Å². The number of carbonyl (C=O) groups excluding carboxylic acids is 1. The van der Waals surface area contributed by atoms with E-state index in [0.717, 1.165) is 47.4 Å². The molecule has 200 valence electrons. The fourth-order valence-electron chi connectivity index (χ4n) is 4.43. The van der Waals surface area contributed by atoms with Crippen molar-refractivity contribution in [3.8, 4) is 11.1 Å². The van der Waals surface area contributed by atoms with Crippen molar-refractivity contribution in [1.82, 2.24) is 25.2 Å². The van der Waals surface area contributed by atoms with Crippen LogP contribution in [0.15, 0.2) is 36.9 Å². The molecular weight excluding hydrogens is 485 g/mol. The molecule has 4 heterocycles. The minimum atomic E-state index is -4.47. The van der Waals surface area contributed by atoms with Gasteiger partial charge in [0.15, 0.2) is 0 Å². The Bertz CT molecular complexity index is 1190. The molecule has 3 N–H and O–H groups in total. The topological polar surface area (TPSA) is 95.2 Å². The highest BCUT2D eigenvalue weighted by Gasteiger charge is 2.30. The van der Waals surface area contributed by atoms with E-state index < -0.39 is 24.7 Å². The van der Waals surface area contributed by atoms with Gasteiger partial charge < -0.3 is 25.3 Å². The van der Waals surface area contributed by atoms with Crippen LogP contribution in [0.1, 0.15) is 32.3 Å². The molecule has 1 unspecified atom stereocenters. The van der Waals surface area contributed by atoms with Crippen molar-refractivity contribution in [2.75, 3.05) is 38.1 Å². The Hall–Kier alpha value is -3.18. The van der Waals surface area contributed by atoms with Gasteiger partial charge in [0.2, 0.25) is 5.91 Å². The van der Waals surface area contributed by atoms with Crippen molar-refractivity contribution in [3.05, 3.63) is 42.5 Å². The van der Waals surface area contributed by atoms with E-state index >= 15 is 0 Å². The van der Waals surface area contributed by atoms with E-state index in [-0.39, 0.29) is 5.92 Å². The molecule has 0 spiro atoms. The smallest absolute Gasteiger partial charge is 0.375 e. The molecule has 0 aromatic carbocycles. The SMILES string of the molecule is CC(C)C(Nc1cncc(-c2c[nH]c3ncc(COCCN4CCCC4)cc23)c1)C(=O)NCC(F)(F)F. The third kappa shape index (κ3) is 7.42. The lowest BCUT2D eigenvalue weighted by atomic mass is 10.0. The number of anilines is 1. The lowest BCUT2D eigenvalue weighted by Crippen LogP contribution is -2.46. The maximum absolute atomic E-state index is 12.6. The number of H-pyrrole nitrogens is 1. The van der Waals surface area contributed by atoms with Gasteiger partial charge in [-0.3, -0.25) is 9.78 Å². The Kier molecular flexibility index (Phi) is 8.65. The monoisotopic (exact) mass is 518 g/mol. The molecule has 1 fully saturated rings. The number of likely N-dealkylation sites (tertiary alicyclic amines) is 1. The molecule has 0 radical (unpaired) electrons. The minimum absolute atomic E-state index is 0.248. The van der Waals surface area contributed by atoms with Gasteiger partial charge in [-0.25, -0.2) is 4.98 Å². The highest BCUT2D eigenvalue weighted by atomic mass is 19.4. The molecule has 4 rings (SSSR count). The van der Waals surface area contributed by atoms with Gasteiger partial charge in [0, 0.05) is 47.8 Å². The maximum atomic E-state index is 12.6. The van der Waals surface area contributed by atoms with Gasteiger partial charge in [-0.05, 0) is 49.5 Å². The van der Waals surface area contributed by atoms with Crippen molar-refractivity contribution >= 4 is 22.6 Å². The molecule has 1 atom stereocenters. The van der Waals surface area contributed by atoms with Crippen LogP contribution in [0, 0.1) is 5.92 Å². The fourth-order valence-corrected chi connectivity index (χ4v) is 4.43. The zero-order valence-electron chi connectivity index (χ0n) is 21.1. The van der Waals surface area contributed by atoms with Crippen molar-refractivity contribution in [3.63, 3.8) is 0 Å². The van der Waals surface area contributed by atoms with Gasteiger partial charge in [0.25, 0.3) is 0 Å². The zero-order chi connectivity index (χ0) is 26.4. The van der Waals surface area contributed by atoms with Crippen LogP contribution < -0.4 is 10.6 Å². The minimum Gasteiger partial charge on any atom is -0.375 e. The maximum Gasteiger partial charge on any atom is 0.405 e. The zero-order valence-corrected chi connectivity index (χ0v) is 21.1. The number of amides is 1. The predicted molar refractivity (Wildman–Crippen MR) is 136 cm³/mol. The summed E-state index contributed by atoms with van der Waals surface area (Å²) in [7, 11) is 0. The highest BCUT2D eigenvalue weighted by Crippen LogP contribution is 2.30. The van der Waals surface area contributed by atoms with Crippen molar-refractivity contribution in [2.24, 2.45) is 5.92 Å². The first kappa shape index (κ1) is 26.9. The molecule has 0 aliphatic carbocycles. The molecule has 0 bridgehead atoms. The molecule has 1 aliphatic rings. The number of rotatable bonds is 11. The third-order valence-corrected chi connectivity index (χ3v) is 6.39. The molecule has 0 saturated carbocycles. The first-order valence-electron chi connectivity index (χ1n) is 12.5. The first-order chi connectivity index (χ1) is 17.7. The average molecular weight is 519 g/mol. The summed E-state index contributed by atoms with van der Waals surface area (Å²) in [6.07, 6.45) is 4.91. The van der Waals surface area contributed by atoms with Gasteiger partial charge in [0.05, 0.1) is 18.9 Å². The summed E-state index contributed by atoms with van der Waals surface area (Å²) in [6, 6.07) is 3.00. The number of nitrogens with one attached hydrogen (secondary N) is 3. The quantitative estimate of drug-likeness (QED) is 0.327. The van der Waals surface area contributed by atoms with Crippen LogP contribution in [0.3, 0.4) is 0 Å². The third-order valence-electron chi connectivity index (χ3n) is 6.39. The number of ether oxygens (including phenoxy) is 1. The molecule has 3 aromatic rings. The van der Waals surface area contributed by atoms with E-state index in [1.165, 1.54) is 12.8 Å². The highest BCUT2D eigenvalue weighted by molar-refractivity contribution is 5.94. The number of hydrogen-bond donors (Lipinski definition) is 3. The molecule has 1 saturated heterocycles. The van der Waals surface area contributed by atoms with Gasteiger partial charge in [-0.15, -0.1) is 0 Å². The van der Waals surface area contributed by atoms with E-state index in [0.29, 0.717) is 18.9 Å². The van der Waals surface area contributed by atoms with Gasteiger partial charge >= 0.3 is 6.18 Å². The van der Waals surface area contributed by atoms with Crippen LogP contribution in [0.25, 0.3) is 22.2 Å². The van der Waals surface area contributed by atoms with Crippen LogP contribution in [0.4, 0.5) is 18.9 Å². The Balaban J connectivity index is 1.45. The lowest BCUT2D eigenvalue weighted by Gasteiger charge is -2.23. The summed E-state index contributed by atoms with van der Waals surface area (Å²) in [6.45, 7) is 6.51. The van der Waals surface area contributed by atoms with E-state index in [2.05, 4.69) is 25.2 Å². The standard InChI is InChI=1S/C26H33F3N6O2/c1-17(2)23(25(36)33-16-26(27,28)29)34-20-10-19(12-30-13-20)22-14-32-24-21(22)9-18(11-31-24)15-37-8-7-35-5-3-4-6-35/h9-14,17,23,34H,3-8,15-16H2,1-2H3,(H,31,32)(H,33,36). The van der Waals surface area contributed by atoms with Gasteiger partial charge in [-0.2, -0.15) is 13.2 Å². The van der Waals surface area contributed by atoms with E-state index in [1.807, 2.05) is 23.6 Å². The van der Waals surface area contributed by atoms with Crippen LogP contribution >= 0.6 is 0 Å². The number of aromatic nitrogens is 3. The molecular formula is C26H33F3N6O2. The number of halogens is 3. The second-order valence-corrected chi connectivity index (χ2v) is 9.70. The Labute approximate surface area is 214 Å². The molecule has 11 heteroatoms. The van der Waals surface area contributed by atoms with E-state index in [1.54, 1.807) is 32.4 Å². The molecule has 1 amide bonds. The van der Waals surface area contributed by atoms with Gasteiger partial charge in [0.1, 0.15) is 18.2 Å². The second-order valence-electron chi connectivity index (χ2n) is 9.70. The number of carbonyl (C=O) groups is 1. The van der Waals surface area contributed by atoms with Gasteiger partial charge in [-0.1, -0.05) is 13.8 Å². The Morgan fingerprint density at radius 2 is 1.97 bits per heavy atom. The van der Waals surface area contributed by atoms with Crippen molar-refractivity contribution < 1.29 is 22.7 Å². The summed E-state index contributed by atoms with van der Waals surface area (Å²) in [5.41, 5.74) is 3.87. The van der Waals surface area contributed by atoms with Crippen molar-refractivity contribution in [2.45, 2.75) is 45.5 Å². The summed E-state index contributed by atoms with van der Waals surface area (Å²) in [5.74, 6) is -0.967. The largest absolute Gasteiger partial charge is 0.405 e. The second kappa shape index (κ2) is 11.9.